The summed E-state index contributed by atoms with van der Waals surface area (Å²) in [6.45, 7) is 3.86. The van der Waals surface area contributed by atoms with Crippen LogP contribution in [0.2, 0.25) is 0 Å². The quantitative estimate of drug-likeness (QED) is 0.618. The highest BCUT2D eigenvalue weighted by Crippen LogP contribution is 2.58. The topological polar surface area (TPSA) is 69.2 Å². The van der Waals surface area contributed by atoms with Crippen LogP contribution < -0.4 is 5.73 Å². The van der Waals surface area contributed by atoms with Gasteiger partial charge in [0.2, 0.25) is 0 Å². The van der Waals surface area contributed by atoms with E-state index in [0.717, 1.165) is 6.07 Å². The maximum absolute atomic E-state index is 13.6. The Morgan fingerprint density at radius 2 is 2.06 bits per heavy atom. The summed E-state index contributed by atoms with van der Waals surface area (Å²) in [5.74, 6) is -0.552. The SMILES string of the molecule is CC1(C)[C@H](N)[C@H]1c1cc([N+](=O)[O-])ccc1F. The van der Waals surface area contributed by atoms with Gasteiger partial charge in [0.15, 0.2) is 0 Å². The summed E-state index contributed by atoms with van der Waals surface area (Å²) in [6, 6.07) is 3.45. The standard InChI is InChI=1S/C11H13FN2O2/c1-11(2)9(10(11)13)7-5-6(14(15)16)3-4-8(7)12/h3-5,9-10H,13H2,1-2H3/t9-,10-/m1/s1. The Bertz CT molecular complexity index is 459. The van der Waals surface area contributed by atoms with Crippen molar-refractivity contribution in [2.24, 2.45) is 11.1 Å². The van der Waals surface area contributed by atoms with Gasteiger partial charge < -0.3 is 5.73 Å². The van der Waals surface area contributed by atoms with E-state index in [-0.39, 0.29) is 23.1 Å². The second kappa shape index (κ2) is 3.25. The maximum atomic E-state index is 13.6. The van der Waals surface area contributed by atoms with E-state index in [0.29, 0.717) is 5.56 Å². The molecule has 86 valence electrons. The number of non-ortho nitro benzene ring substituents is 1. The van der Waals surface area contributed by atoms with E-state index in [1.165, 1.54) is 12.1 Å². The molecule has 4 nitrogen and oxygen atoms in total. The summed E-state index contributed by atoms with van der Waals surface area (Å²) < 4.78 is 13.6. The van der Waals surface area contributed by atoms with Crippen LogP contribution in [0.3, 0.4) is 0 Å². The van der Waals surface area contributed by atoms with Gasteiger partial charge in [-0.15, -0.1) is 0 Å². The van der Waals surface area contributed by atoms with Gasteiger partial charge in [-0.2, -0.15) is 0 Å². The zero-order chi connectivity index (χ0) is 12.1. The summed E-state index contributed by atoms with van der Waals surface area (Å²) in [6.07, 6.45) is 0. The number of nitro benzene ring substituents is 1. The van der Waals surface area contributed by atoms with E-state index in [9.17, 15) is 14.5 Å². The van der Waals surface area contributed by atoms with Crippen molar-refractivity contribution < 1.29 is 9.31 Å². The molecule has 0 saturated heterocycles. The molecule has 2 rings (SSSR count). The van der Waals surface area contributed by atoms with Gasteiger partial charge in [0.1, 0.15) is 5.82 Å². The van der Waals surface area contributed by atoms with Gasteiger partial charge >= 0.3 is 0 Å². The molecule has 1 aromatic rings. The number of hydrogen-bond acceptors (Lipinski definition) is 3. The highest BCUT2D eigenvalue weighted by atomic mass is 19.1. The highest BCUT2D eigenvalue weighted by molar-refractivity contribution is 5.42. The Hall–Kier alpha value is -1.49. The lowest BCUT2D eigenvalue weighted by molar-refractivity contribution is -0.385. The fourth-order valence-electron chi connectivity index (χ4n) is 2.15. The van der Waals surface area contributed by atoms with E-state index in [2.05, 4.69) is 0 Å². The first-order valence-corrected chi connectivity index (χ1v) is 5.05. The smallest absolute Gasteiger partial charge is 0.269 e. The van der Waals surface area contributed by atoms with Crippen molar-refractivity contribution in [3.63, 3.8) is 0 Å². The molecule has 1 fully saturated rings. The Kier molecular flexibility index (Phi) is 2.24. The average molecular weight is 224 g/mol. The number of halogens is 1. The van der Waals surface area contributed by atoms with Gasteiger partial charge in [0.05, 0.1) is 4.92 Å². The Morgan fingerprint density at radius 3 is 2.50 bits per heavy atom. The minimum atomic E-state index is -0.524. The molecule has 1 aromatic carbocycles. The second-order valence-corrected chi connectivity index (χ2v) is 4.79. The van der Waals surface area contributed by atoms with Crippen molar-refractivity contribution in [3.05, 3.63) is 39.7 Å². The van der Waals surface area contributed by atoms with Crippen LogP contribution in [0.5, 0.6) is 0 Å². The van der Waals surface area contributed by atoms with E-state index < -0.39 is 10.7 Å². The second-order valence-electron chi connectivity index (χ2n) is 4.79. The molecule has 0 aliphatic heterocycles. The van der Waals surface area contributed by atoms with Gasteiger partial charge in [0, 0.05) is 24.1 Å². The molecular weight excluding hydrogens is 211 g/mol. The third-order valence-corrected chi connectivity index (χ3v) is 3.44. The number of rotatable bonds is 2. The molecule has 0 aromatic heterocycles. The number of nitrogens with two attached hydrogens (primary N) is 1. The number of benzene rings is 1. The lowest BCUT2D eigenvalue weighted by atomic mass is 10.0. The number of nitro groups is 1. The van der Waals surface area contributed by atoms with Crippen molar-refractivity contribution in [2.75, 3.05) is 0 Å². The monoisotopic (exact) mass is 224 g/mol. The van der Waals surface area contributed by atoms with Crippen LogP contribution in [-0.2, 0) is 0 Å². The summed E-state index contributed by atoms with van der Waals surface area (Å²) in [5.41, 5.74) is 5.91. The maximum Gasteiger partial charge on any atom is 0.269 e. The first kappa shape index (κ1) is 11.0. The number of hydrogen-bond donors (Lipinski definition) is 1. The third kappa shape index (κ3) is 1.48. The van der Waals surface area contributed by atoms with Gasteiger partial charge in [-0.05, 0) is 17.0 Å². The van der Waals surface area contributed by atoms with Crippen LogP contribution in [0, 0.1) is 21.3 Å². The molecule has 0 unspecified atom stereocenters. The van der Waals surface area contributed by atoms with Crippen molar-refractivity contribution in [1.29, 1.82) is 0 Å². The predicted octanol–water partition coefficient (Wildman–Crippen LogP) is 2.18. The first-order chi connectivity index (χ1) is 7.35. The molecule has 0 bridgehead atoms. The molecule has 0 heterocycles. The molecule has 16 heavy (non-hydrogen) atoms. The van der Waals surface area contributed by atoms with Gasteiger partial charge in [-0.3, -0.25) is 10.1 Å². The van der Waals surface area contributed by atoms with Crippen LogP contribution in [0.1, 0.15) is 25.3 Å². The molecule has 1 saturated carbocycles. The average Bonchev–Trinajstić information content (AvgIpc) is 2.67. The van der Waals surface area contributed by atoms with Crippen molar-refractivity contribution in [1.82, 2.24) is 0 Å². The van der Waals surface area contributed by atoms with Gasteiger partial charge in [0.25, 0.3) is 5.69 Å². The molecular formula is C11H13FN2O2. The summed E-state index contributed by atoms with van der Waals surface area (Å²) in [4.78, 5) is 10.1. The fourth-order valence-corrected chi connectivity index (χ4v) is 2.15. The molecule has 1 aliphatic carbocycles. The Balaban J connectivity index is 2.42. The summed E-state index contributed by atoms with van der Waals surface area (Å²) in [7, 11) is 0. The normalized spacial score (nSPS) is 26.5. The van der Waals surface area contributed by atoms with Crippen LogP contribution in [0.25, 0.3) is 0 Å². The van der Waals surface area contributed by atoms with Crippen LogP contribution in [-0.4, -0.2) is 11.0 Å². The van der Waals surface area contributed by atoms with E-state index in [4.69, 9.17) is 5.73 Å². The molecule has 0 spiro atoms. The van der Waals surface area contributed by atoms with Crippen LogP contribution in [0.4, 0.5) is 10.1 Å². The lowest BCUT2D eigenvalue weighted by Gasteiger charge is -2.04. The zero-order valence-corrected chi connectivity index (χ0v) is 9.11. The van der Waals surface area contributed by atoms with Crippen molar-refractivity contribution >= 4 is 5.69 Å². The lowest BCUT2D eigenvalue weighted by Crippen LogP contribution is -2.06. The predicted molar refractivity (Wildman–Crippen MR) is 57.6 cm³/mol. The molecule has 2 N–H and O–H groups in total. The number of nitrogens with zero attached hydrogens (tertiary/aromatic N) is 1. The molecule has 2 atom stereocenters. The van der Waals surface area contributed by atoms with Gasteiger partial charge in [-0.25, -0.2) is 4.39 Å². The molecule has 1 aliphatic rings. The third-order valence-electron chi connectivity index (χ3n) is 3.44. The van der Waals surface area contributed by atoms with Crippen LogP contribution >= 0.6 is 0 Å². The molecule has 0 radical (unpaired) electrons. The van der Waals surface area contributed by atoms with Gasteiger partial charge in [-0.1, -0.05) is 13.8 Å². The Morgan fingerprint density at radius 1 is 1.50 bits per heavy atom. The Labute approximate surface area is 92.4 Å². The van der Waals surface area contributed by atoms with E-state index >= 15 is 0 Å². The van der Waals surface area contributed by atoms with E-state index in [1.54, 1.807) is 0 Å². The molecule has 5 heteroatoms. The minimum Gasteiger partial charge on any atom is -0.327 e. The van der Waals surface area contributed by atoms with Crippen molar-refractivity contribution in [3.8, 4) is 0 Å². The largest absolute Gasteiger partial charge is 0.327 e. The molecule has 0 amide bonds. The fraction of sp³-hybridized carbons (Fsp3) is 0.455. The highest BCUT2D eigenvalue weighted by Gasteiger charge is 2.57. The first-order valence-electron chi connectivity index (χ1n) is 5.05. The zero-order valence-electron chi connectivity index (χ0n) is 9.11. The minimum absolute atomic E-state index is 0.0914. The summed E-state index contributed by atoms with van der Waals surface area (Å²) >= 11 is 0. The van der Waals surface area contributed by atoms with Crippen LogP contribution in [0.15, 0.2) is 18.2 Å². The van der Waals surface area contributed by atoms with E-state index in [1.807, 2.05) is 13.8 Å². The van der Waals surface area contributed by atoms with Crippen molar-refractivity contribution in [2.45, 2.75) is 25.8 Å². The summed E-state index contributed by atoms with van der Waals surface area (Å²) in [5, 5.41) is 10.6.